The van der Waals surface area contributed by atoms with E-state index in [0.717, 1.165) is 31.5 Å². The Kier molecular flexibility index (Phi) is 7.96. The molecule has 2 amide bonds. The number of amides is 2. The molecule has 1 saturated heterocycles. The Balaban J connectivity index is 1.30. The molecule has 0 saturated carbocycles. The summed E-state index contributed by atoms with van der Waals surface area (Å²) >= 11 is 0. The van der Waals surface area contributed by atoms with Crippen LogP contribution < -0.4 is 10.6 Å². The van der Waals surface area contributed by atoms with Crippen LogP contribution in [-0.2, 0) is 16.1 Å². The first-order valence-electron chi connectivity index (χ1n) is 11.7. The van der Waals surface area contributed by atoms with Gasteiger partial charge in [0.1, 0.15) is 18.0 Å². The number of alkyl carbamates (subject to hydrolysis) is 1. The number of amidine groups is 1. The minimum Gasteiger partial charge on any atom is -0.481 e. The first-order chi connectivity index (χ1) is 17.4. The standard InChI is InChI=1S/C26H28N4O6/c27-24(29-26(34)35-16-17-4-2-1-3-5-17)18-6-7-21-19(14-18)15-22(36-21)25(33)28-20-8-11-30(12-9-20)13-10-23(31)32/h1-7,14-15,20H,8-13,16H2,(H,28,33)(H,31,32)(H2,27,29,34). The van der Waals surface area contributed by atoms with Gasteiger partial charge in [0.15, 0.2) is 5.76 Å². The second-order valence-electron chi connectivity index (χ2n) is 8.66. The summed E-state index contributed by atoms with van der Waals surface area (Å²) in [5.74, 6) is -1.10. The van der Waals surface area contributed by atoms with Gasteiger partial charge >= 0.3 is 12.1 Å². The predicted octanol–water partition coefficient (Wildman–Crippen LogP) is 3.35. The number of fused-ring (bicyclic) bond motifs is 1. The second kappa shape index (κ2) is 11.5. The number of nitrogens with zero attached hydrogens (tertiary/aromatic N) is 1. The fourth-order valence-electron chi connectivity index (χ4n) is 4.06. The van der Waals surface area contributed by atoms with E-state index in [4.69, 9.17) is 19.7 Å². The number of benzene rings is 2. The molecule has 4 N–H and O–H groups in total. The minimum absolute atomic E-state index is 0.0124. The van der Waals surface area contributed by atoms with E-state index in [2.05, 4.69) is 15.5 Å². The van der Waals surface area contributed by atoms with Crippen molar-refractivity contribution in [2.24, 2.45) is 0 Å². The summed E-state index contributed by atoms with van der Waals surface area (Å²) in [5.41, 5.74) is 1.78. The highest BCUT2D eigenvalue weighted by atomic mass is 16.5. The van der Waals surface area contributed by atoms with Gasteiger partial charge in [0.25, 0.3) is 5.91 Å². The summed E-state index contributed by atoms with van der Waals surface area (Å²) in [7, 11) is 0. The zero-order valence-corrected chi connectivity index (χ0v) is 19.7. The lowest BCUT2D eigenvalue weighted by Gasteiger charge is -2.31. The maximum Gasteiger partial charge on any atom is 0.413 e. The van der Waals surface area contributed by atoms with Gasteiger partial charge in [0.05, 0.1) is 6.42 Å². The number of hydrogen-bond acceptors (Lipinski definition) is 7. The second-order valence-corrected chi connectivity index (χ2v) is 8.66. The Hall–Kier alpha value is -4.18. The van der Waals surface area contributed by atoms with Crippen LogP contribution in [0.2, 0.25) is 0 Å². The summed E-state index contributed by atoms with van der Waals surface area (Å²) < 4.78 is 10.8. The molecule has 1 aliphatic heterocycles. The number of piperidine rings is 1. The van der Waals surface area contributed by atoms with E-state index in [1.807, 2.05) is 30.3 Å². The van der Waals surface area contributed by atoms with E-state index < -0.39 is 12.1 Å². The number of carbonyl (C=O) groups is 3. The summed E-state index contributed by atoms with van der Waals surface area (Å²) in [6, 6.07) is 15.8. The molecule has 1 fully saturated rings. The Morgan fingerprint density at radius 1 is 1.08 bits per heavy atom. The lowest BCUT2D eigenvalue weighted by atomic mass is 10.0. The number of hydrogen-bond donors (Lipinski definition) is 4. The van der Waals surface area contributed by atoms with Crippen molar-refractivity contribution in [2.75, 3.05) is 19.6 Å². The largest absolute Gasteiger partial charge is 0.481 e. The van der Waals surface area contributed by atoms with Crippen LogP contribution in [-0.4, -0.2) is 59.5 Å². The maximum atomic E-state index is 12.7. The van der Waals surface area contributed by atoms with E-state index in [0.29, 0.717) is 23.1 Å². The van der Waals surface area contributed by atoms with Crippen LogP contribution in [0.5, 0.6) is 0 Å². The molecule has 2 aromatic carbocycles. The molecular formula is C26H28N4O6. The van der Waals surface area contributed by atoms with Crippen molar-refractivity contribution < 1.29 is 28.6 Å². The van der Waals surface area contributed by atoms with E-state index in [1.54, 1.807) is 24.3 Å². The Morgan fingerprint density at radius 3 is 2.56 bits per heavy atom. The highest BCUT2D eigenvalue weighted by molar-refractivity contribution is 6.06. The van der Waals surface area contributed by atoms with Crippen LogP contribution in [0.15, 0.2) is 59.0 Å². The van der Waals surface area contributed by atoms with Gasteiger partial charge in [-0.3, -0.25) is 20.3 Å². The summed E-state index contributed by atoms with van der Waals surface area (Å²) in [6.45, 7) is 2.06. The molecule has 0 radical (unpaired) electrons. The van der Waals surface area contributed by atoms with Crippen molar-refractivity contribution in [3.05, 3.63) is 71.5 Å². The van der Waals surface area contributed by atoms with Crippen LogP contribution in [0.4, 0.5) is 4.79 Å². The van der Waals surface area contributed by atoms with Crippen LogP contribution in [0.25, 0.3) is 11.0 Å². The molecular weight excluding hydrogens is 464 g/mol. The highest BCUT2D eigenvalue weighted by Crippen LogP contribution is 2.22. The molecule has 0 bridgehead atoms. The zero-order valence-electron chi connectivity index (χ0n) is 19.7. The third-order valence-corrected chi connectivity index (χ3v) is 6.03. The van der Waals surface area contributed by atoms with E-state index in [1.165, 1.54) is 0 Å². The summed E-state index contributed by atoms with van der Waals surface area (Å²) in [4.78, 5) is 37.6. The van der Waals surface area contributed by atoms with Crippen molar-refractivity contribution in [1.82, 2.24) is 15.5 Å². The van der Waals surface area contributed by atoms with Crippen LogP contribution in [0.3, 0.4) is 0 Å². The number of carboxylic acid groups (broad SMARTS) is 1. The van der Waals surface area contributed by atoms with Gasteiger partial charge in [0, 0.05) is 36.6 Å². The topological polar surface area (TPSA) is 145 Å². The van der Waals surface area contributed by atoms with Gasteiger partial charge in [0.2, 0.25) is 0 Å². The van der Waals surface area contributed by atoms with Crippen molar-refractivity contribution in [2.45, 2.75) is 31.9 Å². The average Bonchev–Trinajstić information content (AvgIpc) is 3.31. The van der Waals surface area contributed by atoms with Gasteiger partial charge in [-0.05, 0) is 42.7 Å². The van der Waals surface area contributed by atoms with Crippen molar-refractivity contribution in [3.8, 4) is 0 Å². The molecule has 0 atom stereocenters. The molecule has 0 spiro atoms. The lowest BCUT2D eigenvalue weighted by molar-refractivity contribution is -0.137. The fraction of sp³-hybridized carbons (Fsp3) is 0.308. The van der Waals surface area contributed by atoms with Crippen molar-refractivity contribution in [3.63, 3.8) is 0 Å². The van der Waals surface area contributed by atoms with E-state index in [-0.39, 0.29) is 36.6 Å². The number of aliphatic carboxylic acids is 1. The fourth-order valence-corrected chi connectivity index (χ4v) is 4.06. The normalized spacial score (nSPS) is 14.3. The number of ether oxygens (including phenoxy) is 1. The maximum absolute atomic E-state index is 12.7. The Bertz CT molecular complexity index is 1250. The first kappa shape index (κ1) is 24.9. The number of likely N-dealkylation sites (tertiary alicyclic amines) is 1. The van der Waals surface area contributed by atoms with E-state index >= 15 is 0 Å². The molecule has 36 heavy (non-hydrogen) atoms. The Labute approximate surface area is 207 Å². The van der Waals surface area contributed by atoms with Crippen LogP contribution in [0, 0.1) is 5.41 Å². The highest BCUT2D eigenvalue weighted by Gasteiger charge is 2.23. The molecule has 0 aliphatic carbocycles. The zero-order chi connectivity index (χ0) is 25.5. The van der Waals surface area contributed by atoms with Crippen molar-refractivity contribution >= 4 is 34.8 Å². The molecule has 4 rings (SSSR count). The third-order valence-electron chi connectivity index (χ3n) is 6.03. The summed E-state index contributed by atoms with van der Waals surface area (Å²) in [6.07, 6.45) is 0.850. The molecule has 1 aromatic heterocycles. The van der Waals surface area contributed by atoms with Gasteiger partial charge in [-0.1, -0.05) is 30.3 Å². The molecule has 3 aromatic rings. The number of furan rings is 1. The van der Waals surface area contributed by atoms with E-state index in [9.17, 15) is 14.4 Å². The van der Waals surface area contributed by atoms with Gasteiger partial charge in [-0.2, -0.15) is 0 Å². The molecule has 10 nitrogen and oxygen atoms in total. The van der Waals surface area contributed by atoms with Crippen LogP contribution in [0.1, 0.15) is 40.9 Å². The van der Waals surface area contributed by atoms with Gasteiger partial charge < -0.3 is 24.5 Å². The lowest BCUT2D eigenvalue weighted by Crippen LogP contribution is -2.45. The first-order valence-corrected chi connectivity index (χ1v) is 11.7. The molecule has 10 heteroatoms. The summed E-state index contributed by atoms with van der Waals surface area (Å²) in [5, 5.41) is 23.0. The number of carboxylic acids is 1. The molecule has 188 valence electrons. The average molecular weight is 493 g/mol. The minimum atomic E-state index is -0.813. The predicted molar refractivity (Wildman–Crippen MR) is 132 cm³/mol. The molecule has 2 heterocycles. The quantitative estimate of drug-likeness (QED) is 0.279. The molecule has 0 unspecified atom stereocenters. The molecule has 1 aliphatic rings. The number of nitrogens with one attached hydrogen (secondary N) is 3. The van der Waals surface area contributed by atoms with Gasteiger partial charge in [-0.15, -0.1) is 0 Å². The number of carbonyl (C=O) groups excluding carboxylic acids is 2. The smallest absolute Gasteiger partial charge is 0.413 e. The Morgan fingerprint density at radius 2 is 1.83 bits per heavy atom. The SMILES string of the molecule is N=C(NC(=O)OCc1ccccc1)c1ccc2oc(C(=O)NC3CCN(CCC(=O)O)CC3)cc2c1. The monoisotopic (exact) mass is 492 g/mol. The van der Waals surface area contributed by atoms with Gasteiger partial charge in [-0.25, -0.2) is 4.79 Å². The third kappa shape index (κ3) is 6.70. The number of rotatable bonds is 8. The van der Waals surface area contributed by atoms with Crippen LogP contribution >= 0.6 is 0 Å². The van der Waals surface area contributed by atoms with Crippen molar-refractivity contribution in [1.29, 1.82) is 5.41 Å².